The fourth-order valence-electron chi connectivity index (χ4n) is 3.29. The van der Waals surface area contributed by atoms with Crippen molar-refractivity contribution in [3.05, 3.63) is 5.69 Å². The molecule has 0 radical (unpaired) electrons. The molecule has 2 N–H and O–H groups in total. The lowest BCUT2D eigenvalue weighted by Crippen LogP contribution is -2.19. The molecule has 5 nitrogen and oxygen atoms in total. The van der Waals surface area contributed by atoms with Crippen molar-refractivity contribution in [3.63, 3.8) is 0 Å². The van der Waals surface area contributed by atoms with E-state index in [2.05, 4.69) is 28.5 Å². The number of nitrogens with two attached hydrogens (primary N) is 1. The second-order valence-electron chi connectivity index (χ2n) is 5.83. The van der Waals surface area contributed by atoms with Crippen molar-refractivity contribution in [3.8, 4) is 0 Å². The molecule has 0 unspecified atom stereocenters. The number of fused-ring (bicyclic) bond motifs is 1. The number of hydrogen-bond donors (Lipinski definition) is 1. The Morgan fingerprint density at radius 2 is 1.95 bits per heavy atom. The summed E-state index contributed by atoms with van der Waals surface area (Å²) in [6.07, 6.45) is 4.96. The highest BCUT2D eigenvalue weighted by atomic mass is 15.4. The summed E-state index contributed by atoms with van der Waals surface area (Å²) in [6.45, 7) is 7.32. The van der Waals surface area contributed by atoms with Crippen molar-refractivity contribution in [2.24, 2.45) is 5.92 Å². The van der Waals surface area contributed by atoms with Gasteiger partial charge in [-0.15, -0.1) is 0 Å². The molecule has 104 valence electrons. The Kier molecular flexibility index (Phi) is 2.99. The van der Waals surface area contributed by atoms with Crippen LogP contribution in [0.1, 0.15) is 51.3 Å². The fourth-order valence-corrected chi connectivity index (χ4v) is 3.29. The maximum absolute atomic E-state index is 6.17. The monoisotopic (exact) mass is 261 g/mol. The van der Waals surface area contributed by atoms with Crippen molar-refractivity contribution < 1.29 is 0 Å². The zero-order valence-corrected chi connectivity index (χ0v) is 12.1. The summed E-state index contributed by atoms with van der Waals surface area (Å²) in [5.41, 5.74) is 9.22. The van der Waals surface area contributed by atoms with Crippen LogP contribution >= 0.6 is 0 Å². The van der Waals surface area contributed by atoms with Crippen LogP contribution in [0.3, 0.4) is 0 Å². The van der Waals surface area contributed by atoms with Gasteiger partial charge in [0.2, 0.25) is 5.95 Å². The molecule has 19 heavy (non-hydrogen) atoms. The van der Waals surface area contributed by atoms with E-state index >= 15 is 0 Å². The molecular weight excluding hydrogens is 238 g/mol. The third-order valence-corrected chi connectivity index (χ3v) is 4.42. The molecule has 2 heterocycles. The van der Waals surface area contributed by atoms with Gasteiger partial charge in [-0.05, 0) is 45.4 Å². The highest BCUT2D eigenvalue weighted by Gasteiger charge is 2.25. The summed E-state index contributed by atoms with van der Waals surface area (Å²) in [5, 5.41) is 4.56. The average Bonchev–Trinajstić information content (AvgIpc) is 2.88. The van der Waals surface area contributed by atoms with Gasteiger partial charge in [0.1, 0.15) is 5.52 Å². The molecule has 2 aromatic heterocycles. The van der Waals surface area contributed by atoms with Gasteiger partial charge in [-0.3, -0.25) is 4.57 Å². The van der Waals surface area contributed by atoms with Crippen molar-refractivity contribution in [1.82, 2.24) is 19.3 Å². The Labute approximate surface area is 113 Å². The van der Waals surface area contributed by atoms with Gasteiger partial charge in [0.05, 0.1) is 5.69 Å². The van der Waals surface area contributed by atoms with Crippen molar-refractivity contribution in [1.29, 1.82) is 0 Å². The largest absolute Gasteiger partial charge is 0.369 e. The molecule has 0 aliphatic heterocycles. The van der Waals surface area contributed by atoms with E-state index in [9.17, 15) is 0 Å². The first kappa shape index (κ1) is 12.5. The van der Waals surface area contributed by atoms with Crippen molar-refractivity contribution >= 4 is 17.1 Å². The maximum atomic E-state index is 6.17. The smallest absolute Gasteiger partial charge is 0.202 e. The van der Waals surface area contributed by atoms with E-state index in [0.29, 0.717) is 12.0 Å². The highest BCUT2D eigenvalue weighted by molar-refractivity contribution is 5.77. The molecular formula is C14H23N5. The number of hydrogen-bond acceptors (Lipinski definition) is 3. The third-order valence-electron chi connectivity index (χ3n) is 4.42. The molecule has 2 aromatic rings. The van der Waals surface area contributed by atoms with E-state index in [0.717, 1.165) is 29.3 Å². The van der Waals surface area contributed by atoms with Gasteiger partial charge in [-0.1, -0.05) is 6.92 Å². The minimum Gasteiger partial charge on any atom is -0.369 e. The van der Waals surface area contributed by atoms with Gasteiger partial charge >= 0.3 is 0 Å². The molecule has 0 bridgehead atoms. The Morgan fingerprint density at radius 3 is 2.58 bits per heavy atom. The van der Waals surface area contributed by atoms with E-state index < -0.39 is 0 Å². The number of aryl methyl sites for hydroxylation is 2. The van der Waals surface area contributed by atoms with Gasteiger partial charge in [0.15, 0.2) is 5.65 Å². The van der Waals surface area contributed by atoms with Gasteiger partial charge in [0, 0.05) is 12.6 Å². The van der Waals surface area contributed by atoms with Gasteiger partial charge in [0.25, 0.3) is 0 Å². The summed E-state index contributed by atoms with van der Waals surface area (Å²) in [7, 11) is 0. The Bertz CT molecular complexity index is 587. The summed E-state index contributed by atoms with van der Waals surface area (Å²) >= 11 is 0. The average molecular weight is 261 g/mol. The lowest BCUT2D eigenvalue weighted by molar-refractivity contribution is 0.293. The minimum atomic E-state index is 0.489. The topological polar surface area (TPSA) is 61.7 Å². The molecule has 0 spiro atoms. The van der Waals surface area contributed by atoms with Gasteiger partial charge in [-0.2, -0.15) is 5.10 Å². The van der Waals surface area contributed by atoms with Crippen LogP contribution in [0.25, 0.3) is 11.2 Å². The first-order chi connectivity index (χ1) is 9.11. The first-order valence-corrected chi connectivity index (χ1v) is 7.32. The molecule has 1 saturated carbocycles. The number of anilines is 1. The number of imidazole rings is 1. The summed E-state index contributed by atoms with van der Waals surface area (Å²) in [4.78, 5) is 4.53. The zero-order valence-electron chi connectivity index (χ0n) is 12.1. The zero-order chi connectivity index (χ0) is 13.6. The number of rotatable bonds is 2. The van der Waals surface area contributed by atoms with Crippen molar-refractivity contribution in [2.75, 3.05) is 5.73 Å². The van der Waals surface area contributed by atoms with Crippen LogP contribution in [0.15, 0.2) is 0 Å². The molecule has 5 heteroatoms. The third kappa shape index (κ3) is 1.91. The standard InChI is InChI=1S/C14H23N5/c1-4-18-13-12(10(3)17-18)16-14(15)19(13)11-7-5-9(2)6-8-11/h9,11H,4-8H2,1-3H3,(H2,15,16). The Hall–Kier alpha value is -1.52. The molecule has 1 fully saturated rings. The van der Waals surface area contributed by atoms with Gasteiger partial charge in [-0.25, -0.2) is 9.67 Å². The summed E-state index contributed by atoms with van der Waals surface area (Å²) in [5.74, 6) is 1.49. The maximum Gasteiger partial charge on any atom is 0.202 e. The Balaban J connectivity index is 2.09. The normalized spacial score (nSPS) is 24.2. The van der Waals surface area contributed by atoms with Crippen LogP contribution in [0.5, 0.6) is 0 Å². The van der Waals surface area contributed by atoms with Crippen LogP contribution in [-0.4, -0.2) is 19.3 Å². The first-order valence-electron chi connectivity index (χ1n) is 7.32. The number of nitrogens with zero attached hydrogens (tertiary/aromatic N) is 4. The Morgan fingerprint density at radius 1 is 1.26 bits per heavy atom. The molecule has 0 amide bonds. The number of nitrogen functional groups attached to an aromatic ring is 1. The summed E-state index contributed by atoms with van der Waals surface area (Å²) < 4.78 is 4.26. The second kappa shape index (κ2) is 4.54. The van der Waals surface area contributed by atoms with E-state index in [4.69, 9.17) is 5.73 Å². The van der Waals surface area contributed by atoms with E-state index in [-0.39, 0.29) is 0 Å². The molecule has 3 rings (SSSR count). The van der Waals surface area contributed by atoms with Crippen LogP contribution in [0.2, 0.25) is 0 Å². The molecule has 1 aliphatic carbocycles. The molecule has 0 saturated heterocycles. The molecule has 0 aromatic carbocycles. The van der Waals surface area contributed by atoms with Crippen LogP contribution in [0, 0.1) is 12.8 Å². The second-order valence-corrected chi connectivity index (χ2v) is 5.83. The predicted octanol–water partition coefficient (Wildman–Crippen LogP) is 2.89. The predicted molar refractivity (Wildman–Crippen MR) is 77.0 cm³/mol. The SMILES string of the molecule is CCn1nc(C)c2nc(N)n(C3CCC(C)CC3)c21. The van der Waals surface area contributed by atoms with Crippen LogP contribution in [-0.2, 0) is 6.54 Å². The summed E-state index contributed by atoms with van der Waals surface area (Å²) in [6, 6.07) is 0.489. The van der Waals surface area contributed by atoms with E-state index in [1.165, 1.54) is 25.7 Å². The fraction of sp³-hybridized carbons (Fsp3) is 0.714. The minimum absolute atomic E-state index is 0.489. The molecule has 0 atom stereocenters. The van der Waals surface area contributed by atoms with Gasteiger partial charge < -0.3 is 5.73 Å². The number of aromatic nitrogens is 4. The van der Waals surface area contributed by atoms with Crippen molar-refractivity contribution in [2.45, 2.75) is 59.0 Å². The van der Waals surface area contributed by atoms with E-state index in [1.807, 2.05) is 11.6 Å². The molecule has 1 aliphatic rings. The quantitative estimate of drug-likeness (QED) is 0.904. The lowest BCUT2D eigenvalue weighted by atomic mass is 9.87. The lowest BCUT2D eigenvalue weighted by Gasteiger charge is -2.28. The highest BCUT2D eigenvalue weighted by Crippen LogP contribution is 2.36. The van der Waals surface area contributed by atoms with Crippen LogP contribution in [0.4, 0.5) is 5.95 Å². The van der Waals surface area contributed by atoms with E-state index in [1.54, 1.807) is 0 Å². The van der Waals surface area contributed by atoms with Crippen LogP contribution < -0.4 is 5.73 Å².